The maximum absolute atomic E-state index is 10.7. The molecule has 1 saturated carbocycles. The lowest BCUT2D eigenvalue weighted by molar-refractivity contribution is -0.136. The molecule has 1 heterocycles. The van der Waals surface area contributed by atoms with Gasteiger partial charge in [0.1, 0.15) is 10.6 Å². The highest BCUT2D eigenvalue weighted by molar-refractivity contribution is 7.09. The number of hydrogen-bond acceptors (Lipinski definition) is 4. The van der Waals surface area contributed by atoms with E-state index in [1.54, 1.807) is 11.3 Å². The average Bonchev–Trinajstić information content (AvgIpc) is 2.69. The number of rotatable bonds is 5. The molecule has 0 aliphatic heterocycles. The summed E-state index contributed by atoms with van der Waals surface area (Å²) in [6, 6.07) is 0. The van der Waals surface area contributed by atoms with Gasteiger partial charge < -0.3 is 9.84 Å². The predicted octanol–water partition coefficient (Wildman–Crippen LogP) is 3.36. The van der Waals surface area contributed by atoms with E-state index in [1.165, 1.54) is 12.8 Å². The lowest BCUT2D eigenvalue weighted by Gasteiger charge is -2.30. The Morgan fingerprint density at radius 1 is 1.42 bits per heavy atom. The summed E-state index contributed by atoms with van der Waals surface area (Å²) >= 11 is 1.55. The zero-order valence-electron chi connectivity index (χ0n) is 11.4. The number of thiazole rings is 1. The van der Waals surface area contributed by atoms with Crippen LogP contribution in [0, 0.1) is 0 Å². The average molecular weight is 283 g/mol. The summed E-state index contributed by atoms with van der Waals surface area (Å²) in [7, 11) is 0. The molecule has 19 heavy (non-hydrogen) atoms. The number of aliphatic carboxylic acids is 1. The van der Waals surface area contributed by atoms with E-state index in [9.17, 15) is 4.79 Å². The molecule has 0 bridgehead atoms. The Bertz CT molecular complexity index is 422. The van der Waals surface area contributed by atoms with Crippen LogP contribution in [-0.4, -0.2) is 22.7 Å². The minimum atomic E-state index is -0.830. The van der Waals surface area contributed by atoms with Crippen LogP contribution in [0.4, 0.5) is 0 Å². The van der Waals surface area contributed by atoms with Crippen LogP contribution < -0.4 is 0 Å². The minimum absolute atomic E-state index is 0.00128. The van der Waals surface area contributed by atoms with Crippen LogP contribution in [0.5, 0.6) is 0 Å². The molecule has 0 aromatic carbocycles. The van der Waals surface area contributed by atoms with E-state index in [0.717, 1.165) is 30.7 Å². The molecule has 0 amide bonds. The van der Waals surface area contributed by atoms with Crippen LogP contribution in [0.3, 0.4) is 0 Å². The Morgan fingerprint density at radius 2 is 2.11 bits per heavy atom. The van der Waals surface area contributed by atoms with E-state index in [4.69, 9.17) is 9.84 Å². The summed E-state index contributed by atoms with van der Waals surface area (Å²) in [5.41, 5.74) is 0.378. The van der Waals surface area contributed by atoms with E-state index in [2.05, 4.69) is 4.98 Å². The number of carboxylic acids is 1. The normalized spacial score (nSPS) is 19.0. The van der Waals surface area contributed by atoms with Crippen LogP contribution in [0.1, 0.15) is 56.2 Å². The van der Waals surface area contributed by atoms with Gasteiger partial charge in [-0.05, 0) is 19.8 Å². The third-order valence-corrected chi connectivity index (χ3v) is 4.68. The molecular weight excluding hydrogens is 262 g/mol. The highest BCUT2D eigenvalue weighted by atomic mass is 32.1. The summed E-state index contributed by atoms with van der Waals surface area (Å²) in [5, 5.41) is 11.7. The molecule has 0 atom stereocenters. The molecule has 1 fully saturated rings. The third kappa shape index (κ3) is 3.54. The molecule has 5 heteroatoms. The van der Waals surface area contributed by atoms with Gasteiger partial charge in [0.2, 0.25) is 0 Å². The zero-order chi connectivity index (χ0) is 13.7. The summed E-state index contributed by atoms with van der Waals surface area (Å²) in [4.78, 5) is 15.3. The van der Waals surface area contributed by atoms with Gasteiger partial charge in [-0.25, -0.2) is 4.98 Å². The van der Waals surface area contributed by atoms with Crippen molar-refractivity contribution in [3.63, 3.8) is 0 Å². The van der Waals surface area contributed by atoms with E-state index in [0.29, 0.717) is 12.3 Å². The van der Waals surface area contributed by atoms with Crippen molar-refractivity contribution in [2.24, 2.45) is 0 Å². The standard InChI is InChI=1S/C14H21NO3S/c1-2-18-14(7-5-3-4-6-8-14)13-15-11(10-19-13)9-12(16)17/h10H,2-9H2,1H3,(H,16,17). The van der Waals surface area contributed by atoms with Crippen LogP contribution in [-0.2, 0) is 21.6 Å². The van der Waals surface area contributed by atoms with Crippen LogP contribution in [0.15, 0.2) is 5.38 Å². The number of carbonyl (C=O) groups is 1. The molecule has 1 aromatic rings. The fraction of sp³-hybridized carbons (Fsp3) is 0.714. The van der Waals surface area contributed by atoms with Crippen molar-refractivity contribution in [2.45, 2.75) is 57.5 Å². The van der Waals surface area contributed by atoms with Gasteiger partial charge in [0.05, 0.1) is 12.1 Å². The Kier molecular flexibility index (Phi) is 4.93. The quantitative estimate of drug-likeness (QED) is 0.842. The van der Waals surface area contributed by atoms with Crippen LogP contribution >= 0.6 is 11.3 Å². The maximum Gasteiger partial charge on any atom is 0.309 e. The smallest absolute Gasteiger partial charge is 0.309 e. The van der Waals surface area contributed by atoms with Gasteiger partial charge in [-0.15, -0.1) is 11.3 Å². The predicted molar refractivity (Wildman–Crippen MR) is 74.5 cm³/mol. The Hall–Kier alpha value is -0.940. The number of hydrogen-bond donors (Lipinski definition) is 1. The second kappa shape index (κ2) is 6.48. The van der Waals surface area contributed by atoms with Gasteiger partial charge in [-0.3, -0.25) is 4.79 Å². The SMILES string of the molecule is CCOC1(c2nc(CC(=O)O)cs2)CCCCCC1. The number of aromatic nitrogens is 1. The Morgan fingerprint density at radius 3 is 2.68 bits per heavy atom. The van der Waals surface area contributed by atoms with Crippen LogP contribution in [0.25, 0.3) is 0 Å². The van der Waals surface area contributed by atoms with Crippen molar-refractivity contribution in [2.75, 3.05) is 6.61 Å². The van der Waals surface area contributed by atoms with Crippen molar-refractivity contribution in [1.82, 2.24) is 4.98 Å². The molecule has 1 aliphatic carbocycles. The molecule has 0 radical (unpaired) electrons. The first kappa shape index (κ1) is 14.5. The number of nitrogens with zero attached hydrogens (tertiary/aromatic N) is 1. The summed E-state index contributed by atoms with van der Waals surface area (Å²) in [6.45, 7) is 2.69. The molecule has 0 saturated heterocycles. The first-order valence-electron chi connectivity index (χ1n) is 6.97. The summed E-state index contributed by atoms with van der Waals surface area (Å²) < 4.78 is 6.06. The lowest BCUT2D eigenvalue weighted by Crippen LogP contribution is -2.29. The molecule has 1 aliphatic rings. The van der Waals surface area contributed by atoms with Gasteiger partial charge >= 0.3 is 5.97 Å². The molecule has 0 spiro atoms. The molecule has 4 nitrogen and oxygen atoms in total. The largest absolute Gasteiger partial charge is 0.481 e. The topological polar surface area (TPSA) is 59.4 Å². The Balaban J connectivity index is 2.21. The van der Waals surface area contributed by atoms with E-state index in [-0.39, 0.29) is 12.0 Å². The van der Waals surface area contributed by atoms with Gasteiger partial charge in [0.25, 0.3) is 0 Å². The van der Waals surface area contributed by atoms with Crippen molar-refractivity contribution in [3.8, 4) is 0 Å². The van der Waals surface area contributed by atoms with Crippen LogP contribution in [0.2, 0.25) is 0 Å². The molecule has 1 N–H and O–H groups in total. The van der Waals surface area contributed by atoms with Crippen molar-refractivity contribution in [1.29, 1.82) is 0 Å². The van der Waals surface area contributed by atoms with Gasteiger partial charge in [0, 0.05) is 12.0 Å². The van der Waals surface area contributed by atoms with Gasteiger partial charge in [-0.1, -0.05) is 25.7 Å². The second-order valence-corrected chi connectivity index (χ2v) is 5.91. The number of carboxylic acid groups (broad SMARTS) is 1. The highest BCUT2D eigenvalue weighted by Gasteiger charge is 2.36. The van der Waals surface area contributed by atoms with E-state index in [1.807, 2.05) is 12.3 Å². The lowest BCUT2D eigenvalue weighted by atomic mass is 9.95. The first-order chi connectivity index (χ1) is 9.16. The van der Waals surface area contributed by atoms with Crippen molar-refractivity contribution >= 4 is 17.3 Å². The number of ether oxygens (including phenoxy) is 1. The molecule has 1 aromatic heterocycles. The molecular formula is C14H21NO3S. The maximum atomic E-state index is 10.7. The van der Waals surface area contributed by atoms with Crippen molar-refractivity contribution < 1.29 is 14.6 Å². The second-order valence-electron chi connectivity index (χ2n) is 5.06. The summed E-state index contributed by atoms with van der Waals surface area (Å²) in [5.74, 6) is -0.830. The van der Waals surface area contributed by atoms with Crippen molar-refractivity contribution in [3.05, 3.63) is 16.1 Å². The molecule has 106 valence electrons. The highest BCUT2D eigenvalue weighted by Crippen LogP contribution is 2.40. The third-order valence-electron chi connectivity index (χ3n) is 3.61. The minimum Gasteiger partial charge on any atom is -0.481 e. The van der Waals surface area contributed by atoms with E-state index < -0.39 is 5.97 Å². The summed E-state index contributed by atoms with van der Waals surface area (Å²) in [6.07, 6.45) is 6.83. The fourth-order valence-corrected chi connectivity index (χ4v) is 3.78. The monoisotopic (exact) mass is 283 g/mol. The van der Waals surface area contributed by atoms with Gasteiger partial charge in [-0.2, -0.15) is 0 Å². The fourth-order valence-electron chi connectivity index (χ4n) is 2.75. The van der Waals surface area contributed by atoms with Gasteiger partial charge in [0.15, 0.2) is 0 Å². The van der Waals surface area contributed by atoms with E-state index >= 15 is 0 Å². The molecule has 0 unspecified atom stereocenters. The zero-order valence-corrected chi connectivity index (χ0v) is 12.2. The first-order valence-corrected chi connectivity index (χ1v) is 7.85. The Labute approximate surface area is 117 Å². The molecule has 2 rings (SSSR count).